The van der Waals surface area contributed by atoms with Crippen LogP contribution in [0.5, 0.6) is 0 Å². The van der Waals surface area contributed by atoms with Crippen molar-refractivity contribution in [3.63, 3.8) is 0 Å². The van der Waals surface area contributed by atoms with E-state index < -0.39 is 0 Å². The van der Waals surface area contributed by atoms with Crippen LogP contribution in [0.2, 0.25) is 0 Å². The van der Waals surface area contributed by atoms with E-state index in [4.69, 9.17) is 0 Å². The lowest BCUT2D eigenvalue weighted by molar-refractivity contribution is 0.322. The molecule has 0 aliphatic carbocycles. The van der Waals surface area contributed by atoms with Gasteiger partial charge in [-0.2, -0.15) is 0 Å². The summed E-state index contributed by atoms with van der Waals surface area (Å²) in [7, 11) is 1.99. The minimum atomic E-state index is -0.172. The van der Waals surface area contributed by atoms with Gasteiger partial charge in [0.05, 0.1) is 0 Å². The first-order valence-corrected chi connectivity index (χ1v) is 6.31. The number of benzene rings is 1. The van der Waals surface area contributed by atoms with Crippen LogP contribution in [0.25, 0.3) is 0 Å². The maximum absolute atomic E-state index is 13.2. The second kappa shape index (κ2) is 5.25. The molecule has 0 aromatic heterocycles. The number of hydrogen-bond donors (Lipinski definition) is 1. The highest BCUT2D eigenvalue weighted by atomic mass is 79.9. The first kappa shape index (κ1) is 12.0. The molecule has 0 radical (unpaired) electrons. The molecule has 2 nitrogen and oxygen atoms in total. The standard InChI is InChI=1S/C12H16BrFN2/c1-15-12-2-3-16(8-12)7-9-4-10(13)6-11(14)5-9/h4-6,12,15H,2-3,7-8H2,1H3. The fraction of sp³-hybridized carbons (Fsp3) is 0.500. The molecule has 88 valence electrons. The Bertz CT molecular complexity index is 350. The van der Waals surface area contributed by atoms with E-state index in [0.29, 0.717) is 6.04 Å². The molecule has 0 bridgehead atoms. The Hall–Kier alpha value is -0.450. The van der Waals surface area contributed by atoms with E-state index in [1.165, 1.54) is 12.5 Å². The topological polar surface area (TPSA) is 15.3 Å². The second-order valence-electron chi connectivity index (χ2n) is 4.29. The Morgan fingerprint density at radius 3 is 2.94 bits per heavy atom. The van der Waals surface area contributed by atoms with Gasteiger partial charge in [-0.15, -0.1) is 0 Å². The van der Waals surface area contributed by atoms with Crippen LogP contribution in [-0.4, -0.2) is 31.1 Å². The number of likely N-dealkylation sites (N-methyl/N-ethyl adjacent to an activating group) is 1. The number of nitrogens with zero attached hydrogens (tertiary/aromatic N) is 1. The molecule has 1 aliphatic heterocycles. The second-order valence-corrected chi connectivity index (χ2v) is 5.20. The largest absolute Gasteiger partial charge is 0.316 e. The van der Waals surface area contributed by atoms with Crippen LogP contribution in [0.3, 0.4) is 0 Å². The molecule has 4 heteroatoms. The van der Waals surface area contributed by atoms with Gasteiger partial charge in [0.1, 0.15) is 5.82 Å². The Labute approximate surface area is 104 Å². The Kier molecular flexibility index (Phi) is 3.95. The molecule has 1 atom stereocenters. The lowest BCUT2D eigenvalue weighted by Crippen LogP contribution is -2.29. The highest BCUT2D eigenvalue weighted by molar-refractivity contribution is 9.10. The van der Waals surface area contributed by atoms with Crippen LogP contribution >= 0.6 is 15.9 Å². The van der Waals surface area contributed by atoms with Crippen molar-refractivity contribution in [1.82, 2.24) is 10.2 Å². The zero-order valence-electron chi connectivity index (χ0n) is 9.34. The van der Waals surface area contributed by atoms with Crippen molar-refractivity contribution < 1.29 is 4.39 Å². The molecule has 1 heterocycles. The fourth-order valence-corrected chi connectivity index (χ4v) is 2.69. The van der Waals surface area contributed by atoms with Crippen LogP contribution in [0.1, 0.15) is 12.0 Å². The van der Waals surface area contributed by atoms with Crippen molar-refractivity contribution in [1.29, 1.82) is 0 Å². The number of rotatable bonds is 3. The third kappa shape index (κ3) is 3.03. The van der Waals surface area contributed by atoms with Gasteiger partial charge in [-0.1, -0.05) is 15.9 Å². The number of likely N-dealkylation sites (tertiary alicyclic amines) is 1. The van der Waals surface area contributed by atoms with Crippen LogP contribution in [0.4, 0.5) is 4.39 Å². The van der Waals surface area contributed by atoms with Gasteiger partial charge in [-0.25, -0.2) is 4.39 Å². The first-order chi connectivity index (χ1) is 7.67. The van der Waals surface area contributed by atoms with Crippen molar-refractivity contribution in [2.45, 2.75) is 19.0 Å². The van der Waals surface area contributed by atoms with Crippen LogP contribution in [0.15, 0.2) is 22.7 Å². The maximum atomic E-state index is 13.2. The van der Waals surface area contributed by atoms with Crippen molar-refractivity contribution in [3.8, 4) is 0 Å². The normalized spacial score (nSPS) is 21.6. The molecule has 1 N–H and O–H groups in total. The molecule has 1 aromatic carbocycles. The summed E-state index contributed by atoms with van der Waals surface area (Å²) in [5.41, 5.74) is 1.03. The predicted molar refractivity (Wildman–Crippen MR) is 66.8 cm³/mol. The van der Waals surface area contributed by atoms with Gasteiger partial charge in [-0.3, -0.25) is 4.90 Å². The molecule has 1 saturated heterocycles. The zero-order chi connectivity index (χ0) is 11.5. The van der Waals surface area contributed by atoms with E-state index in [1.54, 1.807) is 6.07 Å². The molecule has 1 fully saturated rings. The van der Waals surface area contributed by atoms with E-state index in [1.807, 2.05) is 13.1 Å². The van der Waals surface area contributed by atoms with E-state index in [9.17, 15) is 4.39 Å². The van der Waals surface area contributed by atoms with Crippen molar-refractivity contribution >= 4 is 15.9 Å². The third-order valence-electron chi connectivity index (χ3n) is 3.01. The van der Waals surface area contributed by atoms with Gasteiger partial charge < -0.3 is 5.32 Å². The third-order valence-corrected chi connectivity index (χ3v) is 3.47. The monoisotopic (exact) mass is 286 g/mol. The molecular formula is C12H16BrFN2. The Morgan fingerprint density at radius 1 is 1.50 bits per heavy atom. The van der Waals surface area contributed by atoms with Gasteiger partial charge >= 0.3 is 0 Å². The molecule has 16 heavy (non-hydrogen) atoms. The number of halogens is 2. The lowest BCUT2D eigenvalue weighted by Gasteiger charge is -2.16. The summed E-state index contributed by atoms with van der Waals surface area (Å²) >= 11 is 3.32. The summed E-state index contributed by atoms with van der Waals surface area (Å²) in [6.45, 7) is 2.96. The molecule has 0 spiro atoms. The van der Waals surface area contributed by atoms with Crippen LogP contribution < -0.4 is 5.32 Å². The Morgan fingerprint density at radius 2 is 2.31 bits per heavy atom. The molecule has 1 aliphatic rings. The van der Waals surface area contributed by atoms with Crippen molar-refractivity contribution in [2.75, 3.05) is 20.1 Å². The quantitative estimate of drug-likeness (QED) is 0.918. The molecule has 0 amide bonds. The lowest BCUT2D eigenvalue weighted by atomic mass is 10.2. The molecule has 1 aromatic rings. The van der Waals surface area contributed by atoms with E-state index >= 15 is 0 Å². The summed E-state index contributed by atoms with van der Waals surface area (Å²) in [5.74, 6) is -0.172. The SMILES string of the molecule is CNC1CCN(Cc2cc(F)cc(Br)c2)C1. The number of hydrogen-bond acceptors (Lipinski definition) is 2. The smallest absolute Gasteiger partial charge is 0.124 e. The minimum Gasteiger partial charge on any atom is -0.316 e. The fourth-order valence-electron chi connectivity index (χ4n) is 2.17. The first-order valence-electron chi connectivity index (χ1n) is 5.52. The summed E-state index contributed by atoms with van der Waals surface area (Å²) < 4.78 is 14.0. The molecule has 0 saturated carbocycles. The summed E-state index contributed by atoms with van der Waals surface area (Å²) in [4.78, 5) is 2.35. The van der Waals surface area contributed by atoms with Crippen molar-refractivity contribution in [2.24, 2.45) is 0 Å². The van der Waals surface area contributed by atoms with E-state index in [2.05, 4.69) is 26.1 Å². The van der Waals surface area contributed by atoms with E-state index in [0.717, 1.165) is 29.7 Å². The predicted octanol–water partition coefficient (Wildman–Crippen LogP) is 2.38. The van der Waals surface area contributed by atoms with Gasteiger partial charge in [0.2, 0.25) is 0 Å². The van der Waals surface area contributed by atoms with Crippen molar-refractivity contribution in [3.05, 3.63) is 34.1 Å². The molecule has 2 rings (SSSR count). The molecule has 1 unspecified atom stereocenters. The zero-order valence-corrected chi connectivity index (χ0v) is 10.9. The highest BCUT2D eigenvalue weighted by Crippen LogP contribution is 2.18. The average Bonchev–Trinajstić information content (AvgIpc) is 2.64. The minimum absolute atomic E-state index is 0.172. The summed E-state index contributed by atoms with van der Waals surface area (Å²) in [6.07, 6.45) is 1.17. The highest BCUT2D eigenvalue weighted by Gasteiger charge is 2.20. The van der Waals surface area contributed by atoms with Crippen LogP contribution in [0, 0.1) is 5.82 Å². The Balaban J connectivity index is 1.99. The van der Waals surface area contributed by atoms with Gasteiger partial charge in [-0.05, 0) is 37.2 Å². The maximum Gasteiger partial charge on any atom is 0.124 e. The summed E-state index contributed by atoms with van der Waals surface area (Å²) in [5, 5.41) is 3.28. The van der Waals surface area contributed by atoms with E-state index in [-0.39, 0.29) is 5.82 Å². The van der Waals surface area contributed by atoms with Gasteiger partial charge in [0.25, 0.3) is 0 Å². The van der Waals surface area contributed by atoms with Crippen LogP contribution in [-0.2, 0) is 6.54 Å². The molecular weight excluding hydrogens is 271 g/mol. The van der Waals surface area contributed by atoms with Gasteiger partial charge in [0.15, 0.2) is 0 Å². The number of nitrogens with one attached hydrogen (secondary N) is 1. The summed E-state index contributed by atoms with van der Waals surface area (Å²) in [6, 6.07) is 5.66. The van der Waals surface area contributed by atoms with Gasteiger partial charge in [0, 0.05) is 30.1 Å². The average molecular weight is 287 g/mol.